The van der Waals surface area contributed by atoms with E-state index in [1.54, 1.807) is 7.11 Å². The molecular formula is C10H19NO. The third kappa shape index (κ3) is 3.98. The molecule has 0 spiro atoms. The van der Waals surface area contributed by atoms with Gasteiger partial charge in [0.1, 0.15) is 0 Å². The van der Waals surface area contributed by atoms with E-state index in [0.29, 0.717) is 6.61 Å². The van der Waals surface area contributed by atoms with Crippen LogP contribution in [-0.2, 0) is 11.3 Å². The van der Waals surface area contributed by atoms with Gasteiger partial charge in [-0.25, -0.2) is 0 Å². The maximum absolute atomic E-state index is 5.48. The summed E-state index contributed by atoms with van der Waals surface area (Å²) >= 11 is 0. The van der Waals surface area contributed by atoms with Crippen molar-refractivity contribution in [3.8, 4) is 0 Å². The molecular weight excluding hydrogens is 150 g/mol. The van der Waals surface area contributed by atoms with Crippen LogP contribution in [0.25, 0.3) is 0 Å². The third-order valence-corrected chi connectivity index (χ3v) is 1.29. The van der Waals surface area contributed by atoms with Crippen LogP contribution in [0.15, 0.2) is 24.3 Å². The quantitative estimate of drug-likeness (QED) is 0.691. The van der Waals surface area contributed by atoms with Crippen molar-refractivity contribution in [2.75, 3.05) is 12.8 Å². The van der Waals surface area contributed by atoms with Crippen molar-refractivity contribution < 1.29 is 6.16 Å². The summed E-state index contributed by atoms with van der Waals surface area (Å²) in [6, 6.07) is 7.65. The molecule has 1 rings (SSSR count). The number of hydrogen-bond donors (Lipinski definition) is 1. The molecule has 0 aromatic heterocycles. The molecule has 70 valence electrons. The maximum atomic E-state index is 5.48. The fraction of sp³-hybridized carbons (Fsp3) is 0.400. The molecule has 0 amide bonds. The predicted octanol–water partition coefficient (Wildman–Crippen LogP) is 2.69. The van der Waals surface area contributed by atoms with Gasteiger partial charge in [0.05, 0.1) is 6.61 Å². The summed E-state index contributed by atoms with van der Waals surface area (Å²) in [5.74, 6) is 0. The first-order valence-corrected chi connectivity index (χ1v) is 4.16. The fourth-order valence-corrected chi connectivity index (χ4v) is 0.781. The zero-order valence-electron chi connectivity index (χ0n) is 8.00. The van der Waals surface area contributed by atoms with Crippen molar-refractivity contribution in [3.05, 3.63) is 29.8 Å². The standard InChI is InChI=1S/C8H11NO.C2H6.H2/c1-10-6-7-2-4-8(9)5-3-7;1-2;/h2-5H,6,9H2,1H3;1-2H3;1H. The summed E-state index contributed by atoms with van der Waals surface area (Å²) in [6.45, 7) is 4.65. The Kier molecular flexibility index (Phi) is 6.11. The summed E-state index contributed by atoms with van der Waals surface area (Å²) in [5, 5.41) is 0. The molecule has 2 heteroatoms. The SMILES string of the molecule is CC.COCc1ccc(N)cc1.[HH]. The minimum atomic E-state index is 0. The first-order valence-electron chi connectivity index (χ1n) is 4.16. The average Bonchev–Trinajstić information content (AvgIpc) is 2.13. The molecule has 0 fully saturated rings. The van der Waals surface area contributed by atoms with Crippen LogP contribution in [0.3, 0.4) is 0 Å². The number of benzene rings is 1. The highest BCUT2D eigenvalue weighted by molar-refractivity contribution is 5.38. The minimum absolute atomic E-state index is 0. The van der Waals surface area contributed by atoms with Crippen molar-refractivity contribution in [1.29, 1.82) is 0 Å². The molecule has 0 saturated carbocycles. The molecule has 0 saturated heterocycles. The molecule has 0 radical (unpaired) electrons. The topological polar surface area (TPSA) is 35.2 Å². The van der Waals surface area contributed by atoms with E-state index in [1.165, 1.54) is 0 Å². The van der Waals surface area contributed by atoms with E-state index >= 15 is 0 Å². The van der Waals surface area contributed by atoms with Gasteiger partial charge in [-0.1, -0.05) is 26.0 Å². The first-order chi connectivity index (χ1) is 5.83. The van der Waals surface area contributed by atoms with Gasteiger partial charge in [0, 0.05) is 14.2 Å². The van der Waals surface area contributed by atoms with Crippen LogP contribution >= 0.6 is 0 Å². The van der Waals surface area contributed by atoms with E-state index in [0.717, 1.165) is 11.3 Å². The lowest BCUT2D eigenvalue weighted by atomic mass is 10.2. The molecule has 2 N–H and O–H groups in total. The van der Waals surface area contributed by atoms with Crippen LogP contribution in [0.1, 0.15) is 20.8 Å². The highest BCUT2D eigenvalue weighted by atomic mass is 16.5. The monoisotopic (exact) mass is 169 g/mol. The van der Waals surface area contributed by atoms with Gasteiger partial charge in [0.15, 0.2) is 0 Å². The zero-order valence-corrected chi connectivity index (χ0v) is 8.00. The number of rotatable bonds is 2. The van der Waals surface area contributed by atoms with Crippen LogP contribution in [0.2, 0.25) is 0 Å². The Morgan fingerprint density at radius 2 is 1.75 bits per heavy atom. The second kappa shape index (κ2) is 6.68. The Hall–Kier alpha value is -1.02. The Morgan fingerprint density at radius 3 is 2.17 bits per heavy atom. The summed E-state index contributed by atoms with van der Waals surface area (Å²) in [6.07, 6.45) is 0. The largest absolute Gasteiger partial charge is 0.399 e. The van der Waals surface area contributed by atoms with Gasteiger partial charge in [0.25, 0.3) is 0 Å². The summed E-state index contributed by atoms with van der Waals surface area (Å²) in [5.41, 5.74) is 7.42. The fourth-order valence-electron chi connectivity index (χ4n) is 0.781. The van der Waals surface area contributed by atoms with Crippen molar-refractivity contribution >= 4 is 5.69 Å². The van der Waals surface area contributed by atoms with E-state index < -0.39 is 0 Å². The van der Waals surface area contributed by atoms with Gasteiger partial charge < -0.3 is 10.5 Å². The van der Waals surface area contributed by atoms with Gasteiger partial charge in [-0.3, -0.25) is 0 Å². The van der Waals surface area contributed by atoms with E-state index in [4.69, 9.17) is 10.5 Å². The number of nitrogens with two attached hydrogens (primary N) is 1. The van der Waals surface area contributed by atoms with Crippen LogP contribution in [0, 0.1) is 0 Å². The van der Waals surface area contributed by atoms with Crippen LogP contribution in [0.4, 0.5) is 5.69 Å². The highest BCUT2D eigenvalue weighted by Gasteiger charge is 1.88. The molecule has 0 aliphatic carbocycles. The van der Waals surface area contributed by atoms with Gasteiger partial charge in [0.2, 0.25) is 0 Å². The lowest BCUT2D eigenvalue weighted by Crippen LogP contribution is -1.88. The number of hydrogen-bond acceptors (Lipinski definition) is 2. The molecule has 12 heavy (non-hydrogen) atoms. The second-order valence-corrected chi connectivity index (χ2v) is 2.17. The Morgan fingerprint density at radius 1 is 1.25 bits per heavy atom. The number of ether oxygens (including phenoxy) is 1. The molecule has 0 bridgehead atoms. The van der Waals surface area contributed by atoms with Gasteiger partial charge in [-0.15, -0.1) is 0 Å². The van der Waals surface area contributed by atoms with E-state index in [9.17, 15) is 0 Å². The lowest BCUT2D eigenvalue weighted by Gasteiger charge is -1.98. The third-order valence-electron chi connectivity index (χ3n) is 1.29. The normalized spacial score (nSPS) is 8.58. The van der Waals surface area contributed by atoms with Gasteiger partial charge >= 0.3 is 0 Å². The van der Waals surface area contributed by atoms with Crippen molar-refractivity contribution in [2.45, 2.75) is 20.5 Å². The van der Waals surface area contributed by atoms with Crippen LogP contribution < -0.4 is 5.73 Å². The maximum Gasteiger partial charge on any atom is 0.0713 e. The van der Waals surface area contributed by atoms with Crippen molar-refractivity contribution in [3.63, 3.8) is 0 Å². The number of anilines is 1. The molecule has 0 unspecified atom stereocenters. The Balaban J connectivity index is 0. The minimum Gasteiger partial charge on any atom is -0.399 e. The lowest BCUT2D eigenvalue weighted by molar-refractivity contribution is 0.185. The Bertz CT molecular complexity index is 199. The summed E-state index contributed by atoms with van der Waals surface area (Å²) < 4.78 is 4.93. The van der Waals surface area contributed by atoms with Gasteiger partial charge in [-0.2, -0.15) is 0 Å². The van der Waals surface area contributed by atoms with E-state index in [-0.39, 0.29) is 1.43 Å². The zero-order chi connectivity index (χ0) is 9.40. The van der Waals surface area contributed by atoms with Crippen LogP contribution in [0.5, 0.6) is 0 Å². The summed E-state index contributed by atoms with van der Waals surface area (Å²) in [7, 11) is 1.68. The molecule has 1 aromatic rings. The van der Waals surface area contributed by atoms with Gasteiger partial charge in [-0.05, 0) is 17.7 Å². The number of nitrogen functional groups attached to an aromatic ring is 1. The Labute approximate surface area is 75.8 Å². The smallest absolute Gasteiger partial charge is 0.0713 e. The molecule has 2 nitrogen and oxygen atoms in total. The van der Waals surface area contributed by atoms with E-state index in [1.807, 2.05) is 38.1 Å². The number of methoxy groups -OCH3 is 1. The first kappa shape index (κ1) is 11.0. The average molecular weight is 169 g/mol. The molecule has 0 aliphatic rings. The van der Waals surface area contributed by atoms with Crippen molar-refractivity contribution in [1.82, 2.24) is 0 Å². The predicted molar refractivity (Wildman–Crippen MR) is 55.0 cm³/mol. The van der Waals surface area contributed by atoms with E-state index in [2.05, 4.69) is 0 Å². The molecule has 0 aliphatic heterocycles. The van der Waals surface area contributed by atoms with Crippen LogP contribution in [-0.4, -0.2) is 7.11 Å². The molecule has 0 heterocycles. The van der Waals surface area contributed by atoms with Crippen molar-refractivity contribution in [2.24, 2.45) is 0 Å². The molecule has 0 atom stereocenters. The summed E-state index contributed by atoms with van der Waals surface area (Å²) in [4.78, 5) is 0. The second-order valence-electron chi connectivity index (χ2n) is 2.17. The molecule has 1 aromatic carbocycles. The highest BCUT2D eigenvalue weighted by Crippen LogP contribution is 2.05.